The smallest absolute Gasteiger partial charge is 0.113 e. The second-order valence-corrected chi connectivity index (χ2v) is 8.58. The van der Waals surface area contributed by atoms with Gasteiger partial charge in [-0.3, -0.25) is 4.98 Å². The SMILES string of the molecule is C=Cc1ccc2cc(/C=C/c3ccc4c(/C=C/c5c[nH]c6c(C=C)ccc-6c5)nnc-4cn3)c[nH]c1-2. The number of aromatic amines is 2. The number of rotatable bonds is 6. The summed E-state index contributed by atoms with van der Waals surface area (Å²) in [7, 11) is 0. The molecular formula is C31H23N5. The first-order valence-corrected chi connectivity index (χ1v) is 11.7. The molecule has 0 aromatic heterocycles. The molecule has 0 saturated carbocycles. The summed E-state index contributed by atoms with van der Waals surface area (Å²) in [5.74, 6) is 0. The minimum Gasteiger partial charge on any atom is -0.360 e. The molecule has 6 rings (SSSR count). The Morgan fingerprint density at radius 3 is 1.94 bits per heavy atom. The van der Waals surface area contributed by atoms with Crippen molar-refractivity contribution in [1.82, 2.24) is 25.1 Å². The van der Waals surface area contributed by atoms with E-state index in [4.69, 9.17) is 0 Å². The van der Waals surface area contributed by atoms with Gasteiger partial charge in [0.1, 0.15) is 5.69 Å². The van der Waals surface area contributed by atoms with Crippen LogP contribution in [-0.2, 0) is 0 Å². The molecule has 0 spiro atoms. The van der Waals surface area contributed by atoms with E-state index in [-0.39, 0.29) is 0 Å². The number of hydrogen-bond acceptors (Lipinski definition) is 3. The second-order valence-electron chi connectivity index (χ2n) is 8.58. The molecule has 0 fully saturated rings. The minimum absolute atomic E-state index is 0.756. The van der Waals surface area contributed by atoms with E-state index >= 15 is 0 Å². The first kappa shape index (κ1) is 21.5. The molecule has 5 nitrogen and oxygen atoms in total. The molecule has 0 aromatic carbocycles. The number of fused-ring (bicyclic) bond motifs is 3. The summed E-state index contributed by atoms with van der Waals surface area (Å²) in [5.41, 5.74) is 12.2. The van der Waals surface area contributed by atoms with Crippen LogP contribution in [0, 0.1) is 0 Å². The molecule has 4 heterocycles. The van der Waals surface area contributed by atoms with Crippen LogP contribution in [0.25, 0.3) is 70.2 Å². The Morgan fingerprint density at radius 2 is 1.31 bits per heavy atom. The number of nitrogens with one attached hydrogen (secondary N) is 2. The molecule has 0 bridgehead atoms. The topological polar surface area (TPSA) is 70.2 Å². The van der Waals surface area contributed by atoms with Crippen molar-refractivity contribution in [3.05, 3.63) is 114 Å². The number of pyridine rings is 2. The Kier molecular flexibility index (Phi) is 5.35. The number of H-pyrrole nitrogens is 2. The monoisotopic (exact) mass is 465 g/mol. The molecular weight excluding hydrogens is 442 g/mol. The average molecular weight is 466 g/mol. The van der Waals surface area contributed by atoms with Gasteiger partial charge in [-0.1, -0.05) is 61.7 Å². The fourth-order valence-electron chi connectivity index (χ4n) is 4.42. The van der Waals surface area contributed by atoms with Crippen LogP contribution in [0.2, 0.25) is 0 Å². The van der Waals surface area contributed by atoms with Crippen LogP contribution in [0.15, 0.2) is 80.3 Å². The van der Waals surface area contributed by atoms with Gasteiger partial charge < -0.3 is 9.97 Å². The van der Waals surface area contributed by atoms with Crippen molar-refractivity contribution in [1.29, 1.82) is 0 Å². The highest BCUT2D eigenvalue weighted by atomic mass is 15.1. The van der Waals surface area contributed by atoms with Crippen LogP contribution in [0.3, 0.4) is 0 Å². The Bertz CT molecular complexity index is 1680. The van der Waals surface area contributed by atoms with E-state index in [1.807, 2.05) is 61.0 Å². The van der Waals surface area contributed by atoms with E-state index in [0.717, 1.165) is 67.4 Å². The fourth-order valence-corrected chi connectivity index (χ4v) is 4.42. The highest BCUT2D eigenvalue weighted by Crippen LogP contribution is 2.29. The average Bonchev–Trinajstić information content (AvgIpc) is 3.59. The van der Waals surface area contributed by atoms with Crippen molar-refractivity contribution in [3.8, 4) is 33.8 Å². The predicted octanol–water partition coefficient (Wildman–Crippen LogP) is 7.47. The van der Waals surface area contributed by atoms with Crippen LogP contribution < -0.4 is 0 Å². The molecule has 0 unspecified atom stereocenters. The molecule has 0 aromatic rings. The van der Waals surface area contributed by atoms with Gasteiger partial charge in [0.05, 0.1) is 29.0 Å². The summed E-state index contributed by atoms with van der Waals surface area (Å²) in [5, 5.41) is 8.67. The molecule has 2 aliphatic carbocycles. The largest absolute Gasteiger partial charge is 0.360 e. The van der Waals surface area contributed by atoms with E-state index in [1.165, 1.54) is 0 Å². The minimum atomic E-state index is 0.756. The van der Waals surface area contributed by atoms with E-state index < -0.39 is 0 Å². The summed E-state index contributed by atoms with van der Waals surface area (Å²) in [6, 6.07) is 16.6. The van der Waals surface area contributed by atoms with Crippen molar-refractivity contribution in [2.75, 3.05) is 0 Å². The van der Waals surface area contributed by atoms with Gasteiger partial charge in [-0.05, 0) is 69.8 Å². The molecule has 5 heteroatoms. The second kappa shape index (κ2) is 8.96. The van der Waals surface area contributed by atoms with Crippen LogP contribution >= 0.6 is 0 Å². The van der Waals surface area contributed by atoms with E-state index in [9.17, 15) is 0 Å². The summed E-state index contributed by atoms with van der Waals surface area (Å²) >= 11 is 0. The van der Waals surface area contributed by atoms with Crippen molar-refractivity contribution in [3.63, 3.8) is 0 Å². The zero-order valence-corrected chi connectivity index (χ0v) is 19.6. The van der Waals surface area contributed by atoms with Gasteiger partial charge in [0.15, 0.2) is 0 Å². The fraction of sp³-hybridized carbons (Fsp3) is 0. The Morgan fingerprint density at radius 1 is 0.667 bits per heavy atom. The predicted molar refractivity (Wildman–Crippen MR) is 149 cm³/mol. The maximum absolute atomic E-state index is 4.59. The van der Waals surface area contributed by atoms with Gasteiger partial charge in [0.25, 0.3) is 0 Å². The zero-order chi connectivity index (χ0) is 24.5. The van der Waals surface area contributed by atoms with Crippen LogP contribution in [-0.4, -0.2) is 25.1 Å². The Labute approximate surface area is 209 Å². The molecule has 172 valence electrons. The van der Waals surface area contributed by atoms with Crippen LogP contribution in [0.4, 0.5) is 0 Å². The van der Waals surface area contributed by atoms with Crippen LogP contribution in [0.1, 0.15) is 33.6 Å². The maximum atomic E-state index is 4.59. The van der Waals surface area contributed by atoms with Gasteiger partial charge in [0, 0.05) is 18.0 Å². The first-order chi connectivity index (χ1) is 17.7. The maximum Gasteiger partial charge on any atom is 0.113 e. The lowest BCUT2D eigenvalue weighted by molar-refractivity contribution is 1.08. The lowest BCUT2D eigenvalue weighted by atomic mass is 10.1. The molecule has 0 amide bonds. The standard InChI is InChI=1S/C31H23N5/c1-3-22-7-9-24-15-20(17-33-30(22)24)5-11-26-12-13-27-28(35-36-29(27)19-32-26)14-6-21-16-25-10-8-23(4-2)31(25)34-18-21/h3-19,33-34H,1-2H2/b11-5+,14-6+. The Balaban J connectivity index is 1.25. The third-order valence-corrected chi connectivity index (χ3v) is 6.34. The van der Waals surface area contributed by atoms with Gasteiger partial charge >= 0.3 is 0 Å². The molecule has 0 radical (unpaired) electrons. The molecule has 6 aliphatic rings. The summed E-state index contributed by atoms with van der Waals surface area (Å²) in [6.45, 7) is 7.73. The molecule has 0 saturated heterocycles. The summed E-state index contributed by atoms with van der Waals surface area (Å²) in [6.07, 6.45) is 17.5. The van der Waals surface area contributed by atoms with E-state index in [1.54, 1.807) is 6.20 Å². The van der Waals surface area contributed by atoms with Gasteiger partial charge in [-0.2, -0.15) is 0 Å². The molecule has 36 heavy (non-hydrogen) atoms. The molecule has 2 N–H and O–H groups in total. The first-order valence-electron chi connectivity index (χ1n) is 11.7. The molecule has 0 atom stereocenters. The third kappa shape index (κ3) is 3.93. The number of nitrogens with zero attached hydrogens (tertiary/aromatic N) is 3. The zero-order valence-electron chi connectivity index (χ0n) is 19.6. The lowest BCUT2D eigenvalue weighted by Gasteiger charge is -2.03. The third-order valence-electron chi connectivity index (χ3n) is 6.34. The summed E-state index contributed by atoms with van der Waals surface area (Å²) in [4.78, 5) is 11.3. The van der Waals surface area contributed by atoms with E-state index in [0.29, 0.717) is 0 Å². The quantitative estimate of drug-likeness (QED) is 0.268. The lowest BCUT2D eigenvalue weighted by Crippen LogP contribution is -1.85. The summed E-state index contributed by atoms with van der Waals surface area (Å²) < 4.78 is 0. The van der Waals surface area contributed by atoms with Crippen LogP contribution in [0.5, 0.6) is 0 Å². The number of hydrogen-bond donors (Lipinski definition) is 2. The van der Waals surface area contributed by atoms with Gasteiger partial charge in [-0.15, -0.1) is 10.2 Å². The van der Waals surface area contributed by atoms with E-state index in [2.05, 4.69) is 74.7 Å². The van der Waals surface area contributed by atoms with Crippen molar-refractivity contribution in [2.45, 2.75) is 0 Å². The van der Waals surface area contributed by atoms with Gasteiger partial charge in [-0.25, -0.2) is 0 Å². The highest BCUT2D eigenvalue weighted by molar-refractivity contribution is 5.82. The van der Waals surface area contributed by atoms with Crippen molar-refractivity contribution >= 4 is 36.5 Å². The van der Waals surface area contributed by atoms with Crippen molar-refractivity contribution < 1.29 is 0 Å². The van der Waals surface area contributed by atoms with Gasteiger partial charge in [0.2, 0.25) is 0 Å². The highest BCUT2D eigenvalue weighted by Gasteiger charge is 2.11. The van der Waals surface area contributed by atoms with Crippen molar-refractivity contribution in [2.24, 2.45) is 0 Å². The molecule has 4 aliphatic heterocycles. The number of aromatic nitrogens is 5. The Hall–Kier alpha value is -5.03. The normalized spacial score (nSPS) is 11.9.